The number of hydrogen-bond donors (Lipinski definition) is 2. The second kappa shape index (κ2) is 2.86. The van der Waals surface area contributed by atoms with Gasteiger partial charge < -0.3 is 5.21 Å². The summed E-state index contributed by atoms with van der Waals surface area (Å²) in [5.74, 6) is 0. The first-order valence-corrected chi connectivity index (χ1v) is 4.12. The summed E-state index contributed by atoms with van der Waals surface area (Å²) in [7, 11) is 0. The molecule has 1 aromatic rings. The molecule has 1 aromatic heterocycles. The summed E-state index contributed by atoms with van der Waals surface area (Å²) in [6.45, 7) is 0. The molecule has 0 bridgehead atoms. The van der Waals surface area contributed by atoms with Crippen LogP contribution in [0.4, 0.5) is 5.69 Å². The lowest BCUT2D eigenvalue weighted by Gasteiger charge is -2.11. The molecule has 5 nitrogen and oxygen atoms in total. The van der Waals surface area contributed by atoms with Crippen molar-refractivity contribution in [3.8, 4) is 0 Å². The lowest BCUT2D eigenvalue weighted by Crippen LogP contribution is -2.32. The zero-order chi connectivity index (χ0) is 9.42. The van der Waals surface area contributed by atoms with Crippen LogP contribution in [0.25, 0.3) is 0 Å². The highest BCUT2D eigenvalue weighted by molar-refractivity contribution is 5.51. The molecular formula is C8H10N2O3. The molecule has 2 rings (SSSR count). The Morgan fingerprint density at radius 1 is 1.38 bits per heavy atom. The van der Waals surface area contributed by atoms with Gasteiger partial charge in [-0.15, -0.1) is 5.23 Å². The second-order valence-electron chi connectivity index (χ2n) is 3.10. The highest BCUT2D eigenvalue weighted by atomic mass is 16.8. The Balaban J connectivity index is 2.56. The summed E-state index contributed by atoms with van der Waals surface area (Å²) < 4.78 is 0.787. The highest BCUT2D eigenvalue weighted by Gasteiger charge is 2.24. The molecule has 0 unspecified atom stereocenters. The second-order valence-corrected chi connectivity index (χ2v) is 3.10. The fourth-order valence-corrected chi connectivity index (χ4v) is 1.76. The quantitative estimate of drug-likeness (QED) is 0.374. The van der Waals surface area contributed by atoms with Crippen molar-refractivity contribution in [2.45, 2.75) is 19.3 Å². The van der Waals surface area contributed by atoms with E-state index in [1.807, 2.05) is 0 Å². The third-order valence-electron chi connectivity index (χ3n) is 2.35. The molecule has 0 atom stereocenters. The zero-order valence-corrected chi connectivity index (χ0v) is 6.97. The molecule has 1 heterocycles. The molecule has 13 heavy (non-hydrogen) atoms. The molecular weight excluding hydrogens is 172 g/mol. The maximum Gasteiger partial charge on any atom is 0.198 e. The molecule has 0 saturated heterocycles. The molecule has 1 aliphatic carbocycles. The maximum absolute atomic E-state index is 11.2. The summed E-state index contributed by atoms with van der Waals surface area (Å²) in [6.07, 6.45) is 3.62. The van der Waals surface area contributed by atoms with Gasteiger partial charge in [0.05, 0.1) is 0 Å². The van der Waals surface area contributed by atoms with Gasteiger partial charge in [0, 0.05) is 18.1 Å². The predicted molar refractivity (Wildman–Crippen MR) is 43.5 cm³/mol. The first-order valence-electron chi connectivity index (χ1n) is 4.12. The predicted octanol–water partition coefficient (Wildman–Crippen LogP) is 0.394. The van der Waals surface area contributed by atoms with Gasteiger partial charge >= 0.3 is 0 Å². The van der Waals surface area contributed by atoms with Crippen molar-refractivity contribution in [3.63, 3.8) is 0 Å². The van der Waals surface area contributed by atoms with Crippen LogP contribution in [0.3, 0.4) is 0 Å². The van der Waals surface area contributed by atoms with Gasteiger partial charge in [-0.1, -0.05) is 0 Å². The Labute approximate surface area is 75.0 Å². The van der Waals surface area contributed by atoms with Crippen molar-refractivity contribution >= 4 is 5.69 Å². The number of hydrogen-bond acceptors (Lipinski definition) is 4. The van der Waals surface area contributed by atoms with Crippen molar-refractivity contribution in [1.29, 1.82) is 0 Å². The van der Waals surface area contributed by atoms with Crippen molar-refractivity contribution < 1.29 is 15.1 Å². The van der Waals surface area contributed by atoms with Gasteiger partial charge in [-0.05, 0) is 12.8 Å². The smallest absolute Gasteiger partial charge is 0.198 e. The number of aromatic nitrogens is 1. The summed E-state index contributed by atoms with van der Waals surface area (Å²) in [5, 5.41) is 29.0. The monoisotopic (exact) mass is 182 g/mol. The Morgan fingerprint density at radius 3 is 2.85 bits per heavy atom. The van der Waals surface area contributed by atoms with E-state index in [-0.39, 0.29) is 5.23 Å². The fourth-order valence-electron chi connectivity index (χ4n) is 1.76. The van der Waals surface area contributed by atoms with Crippen LogP contribution in [-0.2, 0) is 12.8 Å². The van der Waals surface area contributed by atoms with Gasteiger partial charge in [0.25, 0.3) is 0 Å². The molecule has 1 aliphatic rings. The SMILES string of the molecule is [O-][n+]1ccc(N(O)O)c2c1CCC2. The normalized spacial score (nSPS) is 14.3. The number of anilines is 1. The molecule has 0 spiro atoms. The third kappa shape index (κ3) is 1.22. The molecule has 0 radical (unpaired) electrons. The van der Waals surface area contributed by atoms with Crippen LogP contribution in [0.2, 0.25) is 0 Å². The molecule has 0 aliphatic heterocycles. The van der Waals surface area contributed by atoms with Crippen LogP contribution in [0, 0.1) is 5.21 Å². The Bertz CT molecular complexity index is 338. The van der Waals surface area contributed by atoms with Crippen LogP contribution >= 0.6 is 0 Å². The molecule has 0 fully saturated rings. The van der Waals surface area contributed by atoms with Gasteiger partial charge in [0.15, 0.2) is 11.9 Å². The number of nitrogens with zero attached hydrogens (tertiary/aromatic N) is 2. The lowest BCUT2D eigenvalue weighted by atomic mass is 10.2. The standard InChI is InChI=1S/C8H10N2O3/c11-9-5-4-8(10(12)13)6-2-1-3-7(6)9/h4-5,12-13H,1-3H2. The van der Waals surface area contributed by atoms with Crippen molar-refractivity contribution in [3.05, 3.63) is 28.7 Å². The number of rotatable bonds is 1. The van der Waals surface area contributed by atoms with Gasteiger partial charge in [0.1, 0.15) is 5.69 Å². The summed E-state index contributed by atoms with van der Waals surface area (Å²) in [6, 6.07) is 1.40. The van der Waals surface area contributed by atoms with Gasteiger partial charge in [0.2, 0.25) is 0 Å². The summed E-state index contributed by atoms with van der Waals surface area (Å²) in [4.78, 5) is 0. The lowest BCUT2D eigenvalue weighted by molar-refractivity contribution is -0.613. The van der Waals surface area contributed by atoms with E-state index in [4.69, 9.17) is 10.4 Å². The van der Waals surface area contributed by atoms with Crippen LogP contribution < -0.4 is 9.96 Å². The minimum Gasteiger partial charge on any atom is -0.618 e. The van der Waals surface area contributed by atoms with Crippen molar-refractivity contribution in [1.82, 2.24) is 0 Å². The van der Waals surface area contributed by atoms with Crippen LogP contribution in [0.1, 0.15) is 17.7 Å². The largest absolute Gasteiger partial charge is 0.618 e. The van der Waals surface area contributed by atoms with Crippen molar-refractivity contribution in [2.24, 2.45) is 0 Å². The van der Waals surface area contributed by atoms with Gasteiger partial charge in [-0.2, -0.15) is 4.73 Å². The average Bonchev–Trinajstić information content (AvgIpc) is 2.53. The minimum absolute atomic E-state index is 0.0736. The van der Waals surface area contributed by atoms with Gasteiger partial charge in [-0.25, -0.2) is 0 Å². The molecule has 2 N–H and O–H groups in total. The first-order chi connectivity index (χ1) is 6.20. The summed E-state index contributed by atoms with van der Waals surface area (Å²) in [5.41, 5.74) is 1.69. The zero-order valence-electron chi connectivity index (χ0n) is 6.97. The Morgan fingerprint density at radius 2 is 2.15 bits per heavy atom. The minimum atomic E-state index is 0.0736. The highest BCUT2D eigenvalue weighted by Crippen LogP contribution is 2.27. The third-order valence-corrected chi connectivity index (χ3v) is 2.35. The molecule has 5 heteroatoms. The maximum atomic E-state index is 11.2. The van der Waals surface area contributed by atoms with E-state index in [0.29, 0.717) is 17.8 Å². The van der Waals surface area contributed by atoms with E-state index in [0.717, 1.165) is 23.1 Å². The Hall–Kier alpha value is -1.33. The van der Waals surface area contributed by atoms with E-state index in [1.165, 1.54) is 12.3 Å². The average molecular weight is 182 g/mol. The van der Waals surface area contributed by atoms with E-state index < -0.39 is 0 Å². The number of fused-ring (bicyclic) bond motifs is 1. The molecule has 0 amide bonds. The Kier molecular flexibility index (Phi) is 1.82. The molecule has 0 aromatic carbocycles. The molecule has 70 valence electrons. The summed E-state index contributed by atoms with van der Waals surface area (Å²) >= 11 is 0. The topological polar surface area (TPSA) is 70.6 Å². The van der Waals surface area contributed by atoms with E-state index in [2.05, 4.69) is 0 Å². The number of pyridine rings is 1. The van der Waals surface area contributed by atoms with Crippen LogP contribution in [0.5, 0.6) is 0 Å². The molecule has 0 saturated carbocycles. The fraction of sp³-hybridized carbons (Fsp3) is 0.375. The van der Waals surface area contributed by atoms with E-state index in [1.54, 1.807) is 0 Å². The first kappa shape index (κ1) is 8.28. The van der Waals surface area contributed by atoms with Crippen molar-refractivity contribution in [2.75, 3.05) is 5.23 Å². The van der Waals surface area contributed by atoms with E-state index in [9.17, 15) is 5.21 Å². The van der Waals surface area contributed by atoms with Crippen LogP contribution in [0.15, 0.2) is 12.3 Å². The van der Waals surface area contributed by atoms with Crippen LogP contribution in [-0.4, -0.2) is 10.4 Å². The van der Waals surface area contributed by atoms with Gasteiger partial charge in [-0.3, -0.25) is 10.4 Å². The van der Waals surface area contributed by atoms with E-state index >= 15 is 0 Å².